The van der Waals surface area contributed by atoms with E-state index >= 15 is 0 Å². The van der Waals surface area contributed by atoms with Gasteiger partial charge in [-0.05, 0) is 6.92 Å². The molecule has 74 valence electrons. The first-order valence-electron chi connectivity index (χ1n) is 3.87. The fourth-order valence-corrected chi connectivity index (χ4v) is 1.99. The van der Waals surface area contributed by atoms with Gasteiger partial charge < -0.3 is 5.32 Å². The van der Waals surface area contributed by atoms with Gasteiger partial charge in [-0.15, -0.1) is 0 Å². The van der Waals surface area contributed by atoms with Crippen LogP contribution < -0.4 is 5.32 Å². The van der Waals surface area contributed by atoms with Crippen molar-refractivity contribution in [2.45, 2.75) is 13.0 Å². The number of nitrogens with one attached hydrogen (secondary N) is 1. The molecule has 1 aliphatic rings. The highest BCUT2D eigenvalue weighted by Gasteiger charge is 2.33. The molecule has 3 nitrogen and oxygen atoms in total. The topological polar surface area (TPSA) is 42.0 Å². The molecule has 0 saturated heterocycles. The number of fused-ring (bicyclic) bond motifs is 1. The predicted molar refractivity (Wildman–Crippen MR) is 50.1 cm³/mol. The van der Waals surface area contributed by atoms with Gasteiger partial charge in [0, 0.05) is 5.56 Å². The Hall–Kier alpha value is -0.870. The van der Waals surface area contributed by atoms with Crippen molar-refractivity contribution >= 4 is 29.1 Å². The molecule has 1 aromatic heterocycles. The molecule has 1 aliphatic heterocycles. The quantitative estimate of drug-likeness (QED) is 0.701. The smallest absolute Gasteiger partial charge is 0.255 e. The van der Waals surface area contributed by atoms with Crippen LogP contribution in [-0.2, 0) is 0 Å². The second kappa shape index (κ2) is 3.07. The molecule has 0 aromatic carbocycles. The average molecular weight is 235 g/mol. The molecule has 1 N–H and O–H groups in total. The Bertz CT molecular complexity index is 436. The fourth-order valence-electron chi connectivity index (χ4n) is 1.49. The third-order valence-electron chi connectivity index (χ3n) is 2.10. The summed E-state index contributed by atoms with van der Waals surface area (Å²) in [6.45, 7) is 1.65. The van der Waals surface area contributed by atoms with E-state index in [1.54, 1.807) is 6.92 Å². The van der Waals surface area contributed by atoms with Crippen molar-refractivity contribution in [3.63, 3.8) is 0 Å². The van der Waals surface area contributed by atoms with Crippen molar-refractivity contribution in [1.29, 1.82) is 0 Å². The molecule has 0 fully saturated rings. The van der Waals surface area contributed by atoms with Crippen LogP contribution in [0, 0.1) is 5.82 Å². The fraction of sp³-hybridized carbons (Fsp3) is 0.250. The van der Waals surface area contributed by atoms with Gasteiger partial charge in [0.15, 0.2) is 11.0 Å². The Kier molecular flexibility index (Phi) is 2.12. The number of hydrogen-bond acceptors (Lipinski definition) is 2. The summed E-state index contributed by atoms with van der Waals surface area (Å²) in [7, 11) is 0. The maximum Gasteiger partial charge on any atom is 0.255 e. The lowest BCUT2D eigenvalue weighted by Gasteiger charge is -2.05. The molecule has 6 heteroatoms. The minimum absolute atomic E-state index is 0.0618. The number of rotatable bonds is 0. The first kappa shape index (κ1) is 9.68. The molecular weight excluding hydrogens is 230 g/mol. The summed E-state index contributed by atoms with van der Waals surface area (Å²) in [6.07, 6.45) is 0. The monoisotopic (exact) mass is 234 g/mol. The Morgan fingerprint density at radius 1 is 1.43 bits per heavy atom. The number of aromatic nitrogens is 1. The number of amides is 1. The summed E-state index contributed by atoms with van der Waals surface area (Å²) in [6, 6.07) is -0.421. The van der Waals surface area contributed by atoms with Crippen LogP contribution in [0.4, 0.5) is 4.39 Å². The van der Waals surface area contributed by atoms with E-state index in [0.717, 1.165) is 0 Å². The molecule has 0 bridgehead atoms. The second-order valence-corrected chi connectivity index (χ2v) is 3.71. The van der Waals surface area contributed by atoms with Crippen molar-refractivity contribution in [2.75, 3.05) is 0 Å². The van der Waals surface area contributed by atoms with Gasteiger partial charge >= 0.3 is 0 Å². The van der Waals surface area contributed by atoms with Crippen molar-refractivity contribution < 1.29 is 9.18 Å². The van der Waals surface area contributed by atoms with Gasteiger partial charge in [0.1, 0.15) is 5.15 Å². The van der Waals surface area contributed by atoms with E-state index in [1.165, 1.54) is 0 Å². The first-order valence-corrected chi connectivity index (χ1v) is 4.63. The van der Waals surface area contributed by atoms with Gasteiger partial charge in [-0.3, -0.25) is 4.79 Å². The van der Waals surface area contributed by atoms with E-state index in [9.17, 15) is 9.18 Å². The average Bonchev–Trinajstić information content (AvgIpc) is 2.38. The van der Waals surface area contributed by atoms with Crippen molar-refractivity contribution in [2.24, 2.45) is 0 Å². The van der Waals surface area contributed by atoms with Crippen LogP contribution in [0.5, 0.6) is 0 Å². The lowest BCUT2D eigenvalue weighted by molar-refractivity contribution is 0.0958. The van der Waals surface area contributed by atoms with Crippen molar-refractivity contribution in [3.05, 3.63) is 27.3 Å². The van der Waals surface area contributed by atoms with Crippen LogP contribution in [0.15, 0.2) is 0 Å². The SMILES string of the molecule is CC1NC(=O)c2c(Cl)nc(Cl)c(F)c21. The van der Waals surface area contributed by atoms with Crippen molar-refractivity contribution in [1.82, 2.24) is 10.3 Å². The summed E-state index contributed by atoms with van der Waals surface area (Å²) in [4.78, 5) is 14.8. The minimum atomic E-state index is -0.683. The number of pyridine rings is 1. The molecule has 0 saturated carbocycles. The van der Waals surface area contributed by atoms with Gasteiger partial charge in [-0.2, -0.15) is 0 Å². The maximum atomic E-state index is 13.5. The first-order chi connectivity index (χ1) is 6.52. The molecule has 0 spiro atoms. The van der Waals surface area contributed by atoms with E-state index < -0.39 is 17.8 Å². The summed E-state index contributed by atoms with van der Waals surface area (Å²) < 4.78 is 13.5. The van der Waals surface area contributed by atoms with Crippen LogP contribution in [0.2, 0.25) is 10.3 Å². The van der Waals surface area contributed by atoms with Gasteiger partial charge in [-0.1, -0.05) is 23.2 Å². The number of carbonyl (C=O) groups excluding carboxylic acids is 1. The molecule has 2 heterocycles. The molecule has 0 radical (unpaired) electrons. The maximum absolute atomic E-state index is 13.5. The van der Waals surface area contributed by atoms with Crippen LogP contribution in [-0.4, -0.2) is 10.9 Å². The molecule has 14 heavy (non-hydrogen) atoms. The Labute approximate surface area is 89.2 Å². The van der Waals surface area contributed by atoms with E-state index in [4.69, 9.17) is 23.2 Å². The molecule has 1 atom stereocenters. The molecule has 2 rings (SSSR count). The zero-order valence-electron chi connectivity index (χ0n) is 7.07. The number of carbonyl (C=O) groups is 1. The van der Waals surface area contributed by atoms with Gasteiger partial charge in [0.05, 0.1) is 11.6 Å². The van der Waals surface area contributed by atoms with Gasteiger partial charge in [0.25, 0.3) is 5.91 Å². The largest absolute Gasteiger partial charge is 0.345 e. The summed E-state index contributed by atoms with van der Waals surface area (Å²) in [5, 5.41) is 2.16. The molecule has 1 unspecified atom stereocenters. The van der Waals surface area contributed by atoms with Crippen LogP contribution in [0.25, 0.3) is 0 Å². The second-order valence-electron chi connectivity index (χ2n) is 2.99. The number of halogens is 3. The Balaban J connectivity index is 2.79. The predicted octanol–water partition coefficient (Wildman–Crippen LogP) is 2.33. The molecule has 1 amide bonds. The molecular formula is C8H5Cl2FN2O. The minimum Gasteiger partial charge on any atom is -0.345 e. The van der Waals surface area contributed by atoms with Gasteiger partial charge in [0.2, 0.25) is 0 Å². The Morgan fingerprint density at radius 3 is 2.71 bits per heavy atom. The third-order valence-corrected chi connectivity index (χ3v) is 2.62. The summed E-state index contributed by atoms with van der Waals surface area (Å²) >= 11 is 11.2. The summed E-state index contributed by atoms with van der Waals surface area (Å²) in [5.41, 5.74) is 0.279. The van der Waals surface area contributed by atoms with Gasteiger partial charge in [-0.25, -0.2) is 9.37 Å². The van der Waals surface area contributed by atoms with Crippen LogP contribution in [0.3, 0.4) is 0 Å². The zero-order chi connectivity index (χ0) is 10.5. The summed E-state index contributed by atoms with van der Waals surface area (Å²) in [5.74, 6) is -1.10. The normalized spacial score (nSPS) is 19.4. The van der Waals surface area contributed by atoms with Crippen LogP contribution >= 0.6 is 23.2 Å². The lowest BCUT2D eigenvalue weighted by atomic mass is 10.1. The number of nitrogens with zero attached hydrogens (tertiary/aromatic N) is 1. The molecule has 1 aromatic rings. The van der Waals surface area contributed by atoms with Crippen LogP contribution in [0.1, 0.15) is 28.9 Å². The standard InChI is InChI=1S/C8H5Cl2FN2O/c1-2-3-4(8(14)12-2)6(9)13-7(10)5(3)11/h2H,1H3,(H,12,14). The molecule has 0 aliphatic carbocycles. The zero-order valence-corrected chi connectivity index (χ0v) is 8.58. The highest BCUT2D eigenvalue weighted by atomic mass is 35.5. The Morgan fingerprint density at radius 2 is 2.07 bits per heavy atom. The highest BCUT2D eigenvalue weighted by molar-refractivity contribution is 6.35. The third kappa shape index (κ3) is 1.18. The number of hydrogen-bond donors (Lipinski definition) is 1. The highest BCUT2D eigenvalue weighted by Crippen LogP contribution is 2.34. The lowest BCUT2D eigenvalue weighted by Crippen LogP contribution is -2.16. The van der Waals surface area contributed by atoms with E-state index in [0.29, 0.717) is 0 Å². The van der Waals surface area contributed by atoms with Crippen molar-refractivity contribution in [3.8, 4) is 0 Å². The van der Waals surface area contributed by atoms with E-state index in [1.807, 2.05) is 0 Å². The van der Waals surface area contributed by atoms with E-state index in [-0.39, 0.29) is 21.4 Å². The van der Waals surface area contributed by atoms with E-state index in [2.05, 4.69) is 10.3 Å².